The van der Waals surface area contributed by atoms with Crippen molar-refractivity contribution in [2.75, 3.05) is 0 Å². The Morgan fingerprint density at radius 1 is 1.15 bits per heavy atom. The number of benzene rings is 2. The summed E-state index contributed by atoms with van der Waals surface area (Å²) < 4.78 is 20.0. The van der Waals surface area contributed by atoms with E-state index in [2.05, 4.69) is 4.99 Å². The van der Waals surface area contributed by atoms with Crippen LogP contribution in [0.15, 0.2) is 65.3 Å². The molecule has 128 valence electrons. The Kier molecular flexibility index (Phi) is 3.73. The quantitative estimate of drug-likeness (QED) is 0.523. The van der Waals surface area contributed by atoms with Gasteiger partial charge < -0.3 is 4.74 Å². The Morgan fingerprint density at radius 2 is 1.96 bits per heavy atom. The topological polar surface area (TPSA) is 60.7 Å². The molecule has 0 unspecified atom stereocenters. The number of esters is 1. The SMILES string of the molecule is CC(=O)n1c(/C=C2\N=C(c3cccc(F)c3)OC2=O)cc2ccccc21. The first-order valence-electron chi connectivity index (χ1n) is 7.93. The van der Waals surface area contributed by atoms with E-state index in [1.807, 2.05) is 24.3 Å². The lowest BCUT2D eigenvalue weighted by molar-refractivity contribution is -0.129. The van der Waals surface area contributed by atoms with Crippen molar-refractivity contribution in [1.29, 1.82) is 0 Å². The third-order valence-corrected chi connectivity index (χ3v) is 4.03. The van der Waals surface area contributed by atoms with Crippen LogP contribution in [-0.2, 0) is 9.53 Å². The second-order valence-electron chi connectivity index (χ2n) is 5.83. The molecule has 0 fully saturated rings. The van der Waals surface area contributed by atoms with Crippen LogP contribution in [0.5, 0.6) is 0 Å². The molecule has 2 aromatic carbocycles. The summed E-state index contributed by atoms with van der Waals surface area (Å²) in [4.78, 5) is 28.4. The number of cyclic esters (lactones) is 1. The third-order valence-electron chi connectivity index (χ3n) is 4.03. The maximum atomic E-state index is 13.4. The van der Waals surface area contributed by atoms with E-state index in [0.29, 0.717) is 11.3 Å². The van der Waals surface area contributed by atoms with Gasteiger partial charge in [-0.05, 0) is 36.4 Å². The van der Waals surface area contributed by atoms with E-state index >= 15 is 0 Å². The van der Waals surface area contributed by atoms with E-state index in [0.717, 1.165) is 10.9 Å². The molecule has 0 N–H and O–H groups in total. The highest BCUT2D eigenvalue weighted by Crippen LogP contribution is 2.24. The first-order valence-corrected chi connectivity index (χ1v) is 7.93. The molecule has 4 rings (SSSR count). The largest absolute Gasteiger partial charge is 0.402 e. The molecule has 0 amide bonds. The monoisotopic (exact) mass is 348 g/mol. The summed E-state index contributed by atoms with van der Waals surface area (Å²) in [7, 11) is 0. The molecule has 1 aliphatic rings. The maximum Gasteiger partial charge on any atom is 0.363 e. The number of halogens is 1. The summed E-state index contributed by atoms with van der Waals surface area (Å²) in [5.41, 5.74) is 1.69. The Balaban J connectivity index is 1.81. The molecule has 6 heteroatoms. The fourth-order valence-corrected chi connectivity index (χ4v) is 2.93. The van der Waals surface area contributed by atoms with Gasteiger partial charge in [0.2, 0.25) is 11.8 Å². The molecule has 5 nitrogen and oxygen atoms in total. The van der Waals surface area contributed by atoms with Gasteiger partial charge in [-0.15, -0.1) is 0 Å². The van der Waals surface area contributed by atoms with Crippen molar-refractivity contribution in [1.82, 2.24) is 4.57 Å². The first-order chi connectivity index (χ1) is 12.5. The molecule has 0 aliphatic carbocycles. The molecule has 0 spiro atoms. The zero-order valence-corrected chi connectivity index (χ0v) is 13.8. The zero-order valence-electron chi connectivity index (χ0n) is 13.8. The number of hydrogen-bond donors (Lipinski definition) is 0. The van der Waals surface area contributed by atoms with Crippen molar-refractivity contribution in [2.45, 2.75) is 6.92 Å². The highest BCUT2D eigenvalue weighted by atomic mass is 19.1. The molecular weight excluding hydrogens is 335 g/mol. The average Bonchev–Trinajstić information content (AvgIpc) is 3.15. The minimum absolute atomic E-state index is 0.0336. The number of aliphatic imine (C=N–C) groups is 1. The molecule has 3 aromatic rings. The molecule has 26 heavy (non-hydrogen) atoms. The number of aromatic nitrogens is 1. The minimum Gasteiger partial charge on any atom is -0.402 e. The number of rotatable bonds is 2. The number of para-hydroxylation sites is 1. The minimum atomic E-state index is -0.649. The van der Waals surface area contributed by atoms with Crippen molar-refractivity contribution in [2.24, 2.45) is 4.99 Å². The Bertz CT molecular complexity index is 1130. The lowest BCUT2D eigenvalue weighted by atomic mass is 10.2. The standard InChI is InChI=1S/C20H13FN2O3/c1-12(24)23-16(10-13-5-2-3-8-18(13)23)11-17-20(25)26-19(22-17)14-6-4-7-15(21)9-14/h2-11H,1H3/b17-11-. The van der Waals surface area contributed by atoms with E-state index < -0.39 is 11.8 Å². The van der Waals surface area contributed by atoms with E-state index in [1.54, 1.807) is 12.1 Å². The normalized spacial score (nSPS) is 15.4. The van der Waals surface area contributed by atoms with Gasteiger partial charge in [0.1, 0.15) is 5.82 Å². The van der Waals surface area contributed by atoms with E-state index in [9.17, 15) is 14.0 Å². The van der Waals surface area contributed by atoms with Crippen LogP contribution in [-0.4, -0.2) is 22.3 Å². The van der Waals surface area contributed by atoms with Crippen LogP contribution >= 0.6 is 0 Å². The van der Waals surface area contributed by atoms with Gasteiger partial charge in [0.15, 0.2) is 5.70 Å². The van der Waals surface area contributed by atoms with Gasteiger partial charge in [-0.25, -0.2) is 14.2 Å². The number of carbonyl (C=O) groups is 2. The number of nitrogens with zero attached hydrogens (tertiary/aromatic N) is 2. The second-order valence-corrected chi connectivity index (χ2v) is 5.83. The van der Waals surface area contributed by atoms with Gasteiger partial charge in [0.25, 0.3) is 0 Å². The van der Waals surface area contributed by atoms with Crippen molar-refractivity contribution >= 4 is 34.8 Å². The van der Waals surface area contributed by atoms with Gasteiger partial charge in [-0.1, -0.05) is 24.3 Å². The Labute approximate surface area is 148 Å². The van der Waals surface area contributed by atoms with Crippen molar-refractivity contribution in [3.8, 4) is 0 Å². The third kappa shape index (κ3) is 2.71. The van der Waals surface area contributed by atoms with Gasteiger partial charge >= 0.3 is 5.97 Å². The number of ether oxygens (including phenoxy) is 1. The highest BCUT2D eigenvalue weighted by Gasteiger charge is 2.25. The molecule has 0 bridgehead atoms. The smallest absolute Gasteiger partial charge is 0.363 e. The molecule has 0 radical (unpaired) electrons. The fraction of sp³-hybridized carbons (Fsp3) is 0.0500. The molecule has 0 saturated carbocycles. The predicted molar refractivity (Wildman–Crippen MR) is 95.2 cm³/mol. The van der Waals surface area contributed by atoms with E-state index in [1.165, 1.54) is 35.8 Å². The van der Waals surface area contributed by atoms with Crippen LogP contribution in [0.25, 0.3) is 17.0 Å². The van der Waals surface area contributed by atoms with E-state index in [4.69, 9.17) is 4.74 Å². The van der Waals surface area contributed by atoms with Crippen LogP contribution in [0.1, 0.15) is 23.0 Å². The summed E-state index contributed by atoms with van der Waals surface area (Å²) in [5.74, 6) is -1.25. The van der Waals surface area contributed by atoms with Crippen LogP contribution < -0.4 is 0 Å². The number of hydrogen-bond acceptors (Lipinski definition) is 4. The summed E-state index contributed by atoms with van der Waals surface area (Å²) >= 11 is 0. The van der Waals surface area contributed by atoms with Crippen LogP contribution in [0.4, 0.5) is 4.39 Å². The average molecular weight is 348 g/mol. The summed E-state index contributed by atoms with van der Waals surface area (Å²) in [6, 6.07) is 14.9. The molecular formula is C20H13FN2O3. The molecule has 2 heterocycles. The van der Waals surface area contributed by atoms with Crippen LogP contribution in [0, 0.1) is 5.82 Å². The summed E-state index contributed by atoms with van der Waals surface area (Å²) in [6.45, 7) is 1.45. The molecule has 0 saturated heterocycles. The lowest BCUT2D eigenvalue weighted by Gasteiger charge is -2.02. The highest BCUT2D eigenvalue weighted by molar-refractivity contribution is 6.13. The molecule has 0 atom stereocenters. The van der Waals surface area contributed by atoms with Crippen molar-refractivity contribution in [3.63, 3.8) is 0 Å². The van der Waals surface area contributed by atoms with Gasteiger partial charge in [0, 0.05) is 17.9 Å². The van der Waals surface area contributed by atoms with Gasteiger partial charge in [-0.3, -0.25) is 9.36 Å². The second kappa shape index (κ2) is 6.07. The Hall–Kier alpha value is -3.54. The maximum absolute atomic E-state index is 13.4. The number of carbonyl (C=O) groups excluding carboxylic acids is 2. The van der Waals surface area contributed by atoms with Gasteiger partial charge in [-0.2, -0.15) is 0 Å². The first kappa shape index (κ1) is 16.0. The fourth-order valence-electron chi connectivity index (χ4n) is 2.93. The van der Waals surface area contributed by atoms with Crippen molar-refractivity contribution in [3.05, 3.63) is 77.4 Å². The van der Waals surface area contributed by atoms with Crippen LogP contribution in [0.2, 0.25) is 0 Å². The van der Waals surface area contributed by atoms with Crippen LogP contribution in [0.3, 0.4) is 0 Å². The predicted octanol–water partition coefficient (Wildman–Crippen LogP) is 3.79. The molecule has 1 aromatic heterocycles. The zero-order chi connectivity index (χ0) is 18.3. The summed E-state index contributed by atoms with van der Waals surface area (Å²) in [6.07, 6.45) is 1.50. The Morgan fingerprint density at radius 3 is 2.73 bits per heavy atom. The molecule has 1 aliphatic heterocycles. The van der Waals surface area contributed by atoms with Crippen molar-refractivity contribution < 1.29 is 18.7 Å². The number of fused-ring (bicyclic) bond motifs is 1. The lowest BCUT2D eigenvalue weighted by Crippen LogP contribution is -2.08. The van der Waals surface area contributed by atoms with Gasteiger partial charge in [0.05, 0.1) is 11.2 Å². The summed E-state index contributed by atoms with van der Waals surface area (Å²) in [5, 5.41) is 0.871. The van der Waals surface area contributed by atoms with E-state index in [-0.39, 0.29) is 17.5 Å².